The molecule has 1 amide bonds. The fraction of sp³-hybridized carbons (Fsp3) is 0.316. The Morgan fingerprint density at radius 2 is 1.80 bits per heavy atom. The van der Waals surface area contributed by atoms with Gasteiger partial charge in [0.15, 0.2) is 0 Å². The molecule has 11 heteroatoms. The Hall–Kier alpha value is -2.78. The molecule has 10 nitrogen and oxygen atoms in total. The summed E-state index contributed by atoms with van der Waals surface area (Å²) in [7, 11) is -1.52. The topological polar surface area (TPSA) is 114 Å². The summed E-state index contributed by atoms with van der Waals surface area (Å²) in [5.41, 5.74) is 0.589. The molecular weight excluding hydrogens is 411 g/mol. The van der Waals surface area contributed by atoms with E-state index in [1.807, 2.05) is 0 Å². The third kappa shape index (κ3) is 4.22. The first kappa shape index (κ1) is 20.5. The number of hydrogen-bond donors (Lipinski definition) is 1. The van der Waals surface area contributed by atoms with Crippen LogP contribution in [-0.2, 0) is 15.7 Å². The summed E-state index contributed by atoms with van der Waals surface area (Å²) < 4.78 is 28.2. The predicted octanol–water partition coefficient (Wildman–Crippen LogP) is 3.00. The average molecular weight is 432 g/mol. The molecule has 4 rings (SSSR count). The van der Waals surface area contributed by atoms with E-state index in [4.69, 9.17) is 9.26 Å². The first-order chi connectivity index (χ1) is 14.4. The number of carbonyl (C=O) groups excluding carboxylic acids is 1. The summed E-state index contributed by atoms with van der Waals surface area (Å²) >= 11 is 0. The molecule has 2 saturated heterocycles. The minimum absolute atomic E-state index is 0.0225. The Morgan fingerprint density at radius 1 is 1.13 bits per heavy atom. The van der Waals surface area contributed by atoms with Gasteiger partial charge in [-0.15, -0.1) is 0 Å². The Balaban J connectivity index is 1.59. The van der Waals surface area contributed by atoms with Gasteiger partial charge in [-0.1, -0.05) is 12.1 Å². The maximum atomic E-state index is 13.1. The van der Waals surface area contributed by atoms with Crippen LogP contribution in [0.5, 0.6) is 11.5 Å². The number of carbonyl (C=O) groups is 1. The van der Waals surface area contributed by atoms with E-state index in [1.165, 1.54) is 19.2 Å². The number of nitrogens with one attached hydrogen (secondary N) is 1. The fourth-order valence-corrected chi connectivity index (χ4v) is 5.16. The van der Waals surface area contributed by atoms with Crippen molar-refractivity contribution in [3.8, 4) is 11.5 Å². The van der Waals surface area contributed by atoms with Crippen LogP contribution in [0.4, 0.5) is 5.69 Å². The number of rotatable bonds is 9. The van der Waals surface area contributed by atoms with Crippen molar-refractivity contribution in [2.75, 3.05) is 33.2 Å². The van der Waals surface area contributed by atoms with Gasteiger partial charge in [0.25, 0.3) is 5.91 Å². The number of amides is 1. The van der Waals surface area contributed by atoms with Gasteiger partial charge in [-0.05, 0) is 29.8 Å². The largest absolute Gasteiger partial charge is 0.449 e. The number of benzene rings is 2. The molecule has 0 aliphatic carbocycles. The molecule has 2 aromatic carbocycles. The van der Waals surface area contributed by atoms with E-state index in [-0.39, 0.29) is 35.3 Å². The van der Waals surface area contributed by atoms with Crippen LogP contribution in [0.1, 0.15) is 15.9 Å². The first-order valence-electron chi connectivity index (χ1n) is 9.44. The Labute approximate surface area is 173 Å². The molecule has 2 aliphatic heterocycles. The summed E-state index contributed by atoms with van der Waals surface area (Å²) in [4.78, 5) is 23.0. The molecule has 30 heavy (non-hydrogen) atoms. The highest BCUT2D eigenvalue weighted by Crippen LogP contribution is 2.61. The van der Waals surface area contributed by atoms with Crippen LogP contribution in [0.25, 0.3) is 0 Å². The molecule has 2 heterocycles. The Morgan fingerprint density at radius 3 is 2.40 bits per heavy atom. The molecule has 2 fully saturated rings. The van der Waals surface area contributed by atoms with Crippen LogP contribution in [-0.4, -0.2) is 53.4 Å². The van der Waals surface area contributed by atoms with E-state index < -0.39 is 12.6 Å². The second-order valence-corrected chi connectivity index (χ2v) is 9.28. The normalized spacial score (nSPS) is 16.2. The van der Waals surface area contributed by atoms with Gasteiger partial charge in [0.1, 0.15) is 5.75 Å². The number of nitro groups is 1. The van der Waals surface area contributed by atoms with Crippen molar-refractivity contribution in [2.24, 2.45) is 0 Å². The van der Waals surface area contributed by atoms with Gasteiger partial charge in [0, 0.05) is 39.3 Å². The molecular formula is C19H21N4O6P. The average Bonchev–Trinajstić information content (AvgIpc) is 3.64. The lowest BCUT2D eigenvalue weighted by molar-refractivity contribution is -0.385. The van der Waals surface area contributed by atoms with Crippen LogP contribution in [0.2, 0.25) is 0 Å². The van der Waals surface area contributed by atoms with Crippen molar-refractivity contribution >= 4 is 19.3 Å². The maximum absolute atomic E-state index is 13.1. The number of para-hydroxylation sites is 1. The van der Waals surface area contributed by atoms with Crippen molar-refractivity contribution < 1.29 is 23.5 Å². The molecule has 0 bridgehead atoms. The van der Waals surface area contributed by atoms with Crippen molar-refractivity contribution in [3.63, 3.8) is 0 Å². The standard InChI is InChI=1S/C19H21N4O6P/c1-20-19(24)15-4-2-3-5-17(15)29-18-12-14(6-7-16(18)23(25)26)13-28-30(27,21-8-9-21)22-10-11-22/h2-7,12H,8-11,13H2,1H3,(H,20,24). The molecule has 0 aromatic heterocycles. The van der Waals surface area contributed by atoms with Crippen LogP contribution in [0.15, 0.2) is 42.5 Å². The fourth-order valence-electron chi connectivity index (χ4n) is 2.97. The molecule has 2 aromatic rings. The second-order valence-electron chi connectivity index (χ2n) is 6.91. The zero-order valence-corrected chi connectivity index (χ0v) is 17.2. The molecule has 158 valence electrons. The third-order valence-electron chi connectivity index (χ3n) is 4.76. The number of ether oxygens (including phenoxy) is 1. The summed E-state index contributed by atoms with van der Waals surface area (Å²) in [5.74, 6) is -0.201. The zero-order chi connectivity index (χ0) is 21.3. The van der Waals surface area contributed by atoms with Gasteiger partial charge in [0.2, 0.25) is 5.75 Å². The van der Waals surface area contributed by atoms with Gasteiger partial charge in [-0.2, -0.15) is 0 Å². The zero-order valence-electron chi connectivity index (χ0n) is 16.3. The monoisotopic (exact) mass is 432 g/mol. The van der Waals surface area contributed by atoms with Gasteiger partial charge in [-0.3, -0.25) is 19.5 Å². The van der Waals surface area contributed by atoms with Crippen molar-refractivity contribution in [1.82, 2.24) is 14.7 Å². The molecule has 0 radical (unpaired) electrons. The molecule has 1 N–H and O–H groups in total. The molecule has 0 atom stereocenters. The number of nitro benzene ring substituents is 1. The van der Waals surface area contributed by atoms with E-state index in [9.17, 15) is 19.5 Å². The van der Waals surface area contributed by atoms with E-state index in [0.717, 1.165) is 26.2 Å². The van der Waals surface area contributed by atoms with Gasteiger partial charge in [-0.25, -0.2) is 9.34 Å². The lowest BCUT2D eigenvalue weighted by Crippen LogP contribution is -2.18. The summed E-state index contributed by atoms with van der Waals surface area (Å²) in [6, 6.07) is 10.8. The van der Waals surface area contributed by atoms with Crippen molar-refractivity contribution in [3.05, 3.63) is 63.7 Å². The van der Waals surface area contributed by atoms with Gasteiger partial charge in [0.05, 0.1) is 17.1 Å². The van der Waals surface area contributed by atoms with E-state index >= 15 is 0 Å². The molecule has 2 aliphatic rings. The lowest BCUT2D eigenvalue weighted by atomic mass is 10.1. The summed E-state index contributed by atoms with van der Waals surface area (Å²) in [5, 5.41) is 14.0. The second kappa shape index (κ2) is 8.16. The minimum atomic E-state index is -3.01. The molecule has 0 unspecified atom stereocenters. The van der Waals surface area contributed by atoms with Crippen LogP contribution >= 0.6 is 7.67 Å². The van der Waals surface area contributed by atoms with E-state index in [1.54, 1.807) is 39.7 Å². The van der Waals surface area contributed by atoms with Crippen LogP contribution in [0.3, 0.4) is 0 Å². The predicted molar refractivity (Wildman–Crippen MR) is 109 cm³/mol. The van der Waals surface area contributed by atoms with Crippen molar-refractivity contribution in [1.29, 1.82) is 0 Å². The highest BCUT2D eigenvalue weighted by Gasteiger charge is 2.49. The lowest BCUT2D eigenvalue weighted by Gasteiger charge is -2.20. The van der Waals surface area contributed by atoms with Crippen molar-refractivity contribution in [2.45, 2.75) is 6.61 Å². The third-order valence-corrected chi connectivity index (χ3v) is 7.46. The van der Waals surface area contributed by atoms with Crippen LogP contribution in [0, 0.1) is 10.1 Å². The smallest absolute Gasteiger partial charge is 0.346 e. The highest BCUT2D eigenvalue weighted by atomic mass is 31.2. The number of hydrogen-bond acceptors (Lipinski definition) is 6. The molecule has 0 saturated carbocycles. The SMILES string of the molecule is CNC(=O)c1ccccc1Oc1cc(COP(=O)(N2CC2)N2CC2)ccc1[N+](=O)[O-]. The van der Waals surface area contributed by atoms with E-state index in [0.29, 0.717) is 5.56 Å². The Bertz CT molecular complexity index is 1020. The van der Waals surface area contributed by atoms with E-state index in [2.05, 4.69) is 5.32 Å². The summed E-state index contributed by atoms with van der Waals surface area (Å²) in [6.07, 6.45) is 0. The van der Waals surface area contributed by atoms with Crippen LogP contribution < -0.4 is 10.1 Å². The quantitative estimate of drug-likeness (QED) is 0.278. The van der Waals surface area contributed by atoms with Gasteiger partial charge >= 0.3 is 13.4 Å². The highest BCUT2D eigenvalue weighted by molar-refractivity contribution is 7.54. The number of nitrogens with zero attached hydrogens (tertiary/aromatic N) is 3. The maximum Gasteiger partial charge on any atom is 0.346 e. The first-order valence-corrected chi connectivity index (χ1v) is 11.0. The van der Waals surface area contributed by atoms with Gasteiger partial charge < -0.3 is 14.6 Å². The summed E-state index contributed by atoms with van der Waals surface area (Å²) in [6.45, 7) is 2.96. The Kier molecular flexibility index (Phi) is 5.57. The minimum Gasteiger partial charge on any atom is -0.449 e. The molecule has 0 spiro atoms.